The zero-order valence-electron chi connectivity index (χ0n) is 16.3. The lowest BCUT2D eigenvalue weighted by molar-refractivity contribution is -0.131. The van der Waals surface area contributed by atoms with Crippen LogP contribution in [0.4, 0.5) is 0 Å². The number of aromatic amines is 2. The molecule has 29 heavy (non-hydrogen) atoms. The van der Waals surface area contributed by atoms with E-state index >= 15 is 0 Å². The molecule has 0 aliphatic carbocycles. The lowest BCUT2D eigenvalue weighted by Gasteiger charge is -2.22. The molecule has 0 unspecified atom stereocenters. The summed E-state index contributed by atoms with van der Waals surface area (Å²) in [5.41, 5.74) is -0.143. The van der Waals surface area contributed by atoms with Gasteiger partial charge in [-0.2, -0.15) is 9.40 Å². The van der Waals surface area contributed by atoms with Gasteiger partial charge in [0.25, 0.3) is 5.56 Å². The predicted octanol–water partition coefficient (Wildman–Crippen LogP) is -0.810. The fourth-order valence-corrected chi connectivity index (χ4v) is 5.23. The van der Waals surface area contributed by atoms with Gasteiger partial charge in [-0.3, -0.25) is 19.7 Å². The highest BCUT2D eigenvalue weighted by Crippen LogP contribution is 2.22. The molecule has 3 heterocycles. The van der Waals surface area contributed by atoms with Crippen LogP contribution in [0.5, 0.6) is 0 Å². The lowest BCUT2D eigenvalue weighted by Crippen LogP contribution is -2.38. The van der Waals surface area contributed by atoms with Gasteiger partial charge in [0.1, 0.15) is 4.90 Å². The Hall–Kier alpha value is -2.73. The Labute approximate surface area is 167 Å². The van der Waals surface area contributed by atoms with Crippen molar-refractivity contribution in [3.8, 4) is 0 Å². The number of amides is 1. The Morgan fingerprint density at radius 1 is 1.17 bits per heavy atom. The first kappa shape index (κ1) is 21.0. The molecule has 1 aliphatic heterocycles. The summed E-state index contributed by atoms with van der Waals surface area (Å²) in [6.07, 6.45) is 1.94. The van der Waals surface area contributed by atoms with E-state index in [4.69, 9.17) is 0 Å². The fraction of sp³-hybridized carbons (Fsp3) is 0.529. The monoisotopic (exact) mass is 424 g/mol. The molecule has 0 spiro atoms. The first-order chi connectivity index (χ1) is 13.7. The van der Waals surface area contributed by atoms with E-state index in [9.17, 15) is 22.8 Å². The fourth-order valence-electron chi connectivity index (χ4n) is 3.43. The number of carbonyl (C=O) groups is 1. The molecule has 0 bridgehead atoms. The molecule has 2 aromatic rings. The van der Waals surface area contributed by atoms with Gasteiger partial charge in [0.05, 0.1) is 11.4 Å². The minimum Gasteiger partial charge on any atom is -0.341 e. The van der Waals surface area contributed by atoms with Crippen LogP contribution >= 0.6 is 0 Å². The molecule has 0 aromatic carbocycles. The first-order valence-electron chi connectivity index (χ1n) is 9.29. The van der Waals surface area contributed by atoms with E-state index in [-0.39, 0.29) is 36.9 Å². The van der Waals surface area contributed by atoms with Gasteiger partial charge in [-0.05, 0) is 20.3 Å². The van der Waals surface area contributed by atoms with E-state index in [0.29, 0.717) is 30.9 Å². The molecule has 2 N–H and O–H groups in total. The van der Waals surface area contributed by atoms with Crippen LogP contribution in [0.15, 0.2) is 26.7 Å². The molecule has 1 aliphatic rings. The highest BCUT2D eigenvalue weighted by molar-refractivity contribution is 7.89. The van der Waals surface area contributed by atoms with Gasteiger partial charge in [0.2, 0.25) is 15.9 Å². The van der Waals surface area contributed by atoms with Gasteiger partial charge in [-0.25, -0.2) is 13.2 Å². The Balaban J connectivity index is 1.64. The van der Waals surface area contributed by atoms with Crippen LogP contribution < -0.4 is 11.2 Å². The average molecular weight is 424 g/mol. The second-order valence-electron chi connectivity index (χ2n) is 6.96. The minimum absolute atomic E-state index is 0.0820. The number of hydrogen-bond acceptors (Lipinski definition) is 6. The van der Waals surface area contributed by atoms with E-state index in [2.05, 4.69) is 15.2 Å². The maximum atomic E-state index is 13.0. The summed E-state index contributed by atoms with van der Waals surface area (Å²) in [5, 5.41) is 6.66. The molecule has 0 atom stereocenters. The molecule has 2 aromatic heterocycles. The number of aromatic nitrogens is 4. The van der Waals surface area contributed by atoms with Crippen molar-refractivity contribution in [2.45, 2.75) is 38.1 Å². The smallest absolute Gasteiger partial charge is 0.328 e. The van der Waals surface area contributed by atoms with Crippen LogP contribution in [0.1, 0.15) is 24.2 Å². The van der Waals surface area contributed by atoms with Gasteiger partial charge in [0, 0.05) is 51.4 Å². The topological polar surface area (TPSA) is 141 Å². The van der Waals surface area contributed by atoms with Crippen LogP contribution in [-0.4, -0.2) is 69.5 Å². The summed E-state index contributed by atoms with van der Waals surface area (Å²) in [4.78, 5) is 39.3. The highest BCUT2D eigenvalue weighted by Gasteiger charge is 2.31. The highest BCUT2D eigenvalue weighted by atomic mass is 32.2. The molecule has 158 valence electrons. The first-order valence-corrected chi connectivity index (χ1v) is 10.7. The molecule has 0 saturated carbocycles. The zero-order chi connectivity index (χ0) is 21.2. The summed E-state index contributed by atoms with van der Waals surface area (Å²) in [7, 11) is -3.70. The van der Waals surface area contributed by atoms with E-state index in [1.54, 1.807) is 18.7 Å². The Morgan fingerprint density at radius 2 is 1.93 bits per heavy atom. The van der Waals surface area contributed by atoms with Crippen molar-refractivity contribution in [1.29, 1.82) is 0 Å². The minimum atomic E-state index is -3.70. The third-order valence-electron chi connectivity index (χ3n) is 4.93. The van der Waals surface area contributed by atoms with Crippen molar-refractivity contribution in [3.63, 3.8) is 0 Å². The van der Waals surface area contributed by atoms with Gasteiger partial charge in [-0.15, -0.1) is 0 Å². The van der Waals surface area contributed by atoms with E-state index in [0.717, 1.165) is 0 Å². The molecule has 1 amide bonds. The summed E-state index contributed by atoms with van der Waals surface area (Å²) >= 11 is 0. The number of rotatable bonds is 5. The van der Waals surface area contributed by atoms with Crippen LogP contribution in [0, 0.1) is 13.8 Å². The summed E-state index contributed by atoms with van der Waals surface area (Å²) in [5.74, 6) is -0.168. The number of H-pyrrole nitrogens is 2. The Morgan fingerprint density at radius 3 is 2.59 bits per heavy atom. The molecule has 3 rings (SSSR count). The average Bonchev–Trinajstić information content (AvgIpc) is 2.85. The number of nitrogens with one attached hydrogen (secondary N) is 2. The predicted molar refractivity (Wildman–Crippen MR) is 104 cm³/mol. The Bertz CT molecular complexity index is 1100. The number of hydrogen-bond donors (Lipinski definition) is 2. The van der Waals surface area contributed by atoms with Gasteiger partial charge in [0.15, 0.2) is 0 Å². The van der Waals surface area contributed by atoms with Crippen molar-refractivity contribution >= 4 is 15.9 Å². The van der Waals surface area contributed by atoms with Gasteiger partial charge < -0.3 is 9.47 Å². The van der Waals surface area contributed by atoms with Crippen LogP contribution in [0.25, 0.3) is 0 Å². The summed E-state index contributed by atoms with van der Waals surface area (Å²) in [6.45, 7) is 4.66. The summed E-state index contributed by atoms with van der Waals surface area (Å²) < 4.78 is 28.6. The molecule has 1 fully saturated rings. The molecule has 12 heteroatoms. The standard InChI is InChI=1S/C17H24N6O5S/c1-12-16(13(2)20-19-12)29(27,28)23-7-3-6-21(10-11-23)15(25)5-9-22-8-4-14(24)18-17(22)26/h4,8H,3,5-7,9-11H2,1-2H3,(H,19,20)(H,18,24,26). The Kier molecular flexibility index (Phi) is 6.03. The van der Waals surface area contributed by atoms with Crippen molar-refractivity contribution in [2.75, 3.05) is 26.2 Å². The maximum absolute atomic E-state index is 13.0. The zero-order valence-corrected chi connectivity index (χ0v) is 17.2. The van der Waals surface area contributed by atoms with E-state index in [1.165, 1.54) is 21.1 Å². The van der Waals surface area contributed by atoms with E-state index in [1.807, 2.05) is 0 Å². The largest absolute Gasteiger partial charge is 0.341 e. The van der Waals surface area contributed by atoms with Crippen molar-refractivity contribution in [3.05, 3.63) is 44.5 Å². The van der Waals surface area contributed by atoms with Crippen LogP contribution in [-0.2, 0) is 21.4 Å². The second-order valence-corrected chi connectivity index (χ2v) is 8.83. The number of nitrogens with zero attached hydrogens (tertiary/aromatic N) is 4. The quantitative estimate of drug-likeness (QED) is 0.643. The third-order valence-corrected chi connectivity index (χ3v) is 7.09. The van der Waals surface area contributed by atoms with Crippen molar-refractivity contribution in [1.82, 2.24) is 29.0 Å². The maximum Gasteiger partial charge on any atom is 0.328 e. The second kappa shape index (κ2) is 8.33. The molecule has 0 radical (unpaired) electrons. The van der Waals surface area contributed by atoms with Gasteiger partial charge >= 0.3 is 5.69 Å². The number of carbonyl (C=O) groups excluding carboxylic acids is 1. The lowest BCUT2D eigenvalue weighted by atomic mass is 10.3. The van der Waals surface area contributed by atoms with Crippen molar-refractivity contribution in [2.24, 2.45) is 0 Å². The SMILES string of the molecule is Cc1n[nH]c(C)c1S(=O)(=O)N1CCCN(C(=O)CCn2ccc(=O)[nH]c2=O)CC1. The van der Waals surface area contributed by atoms with Crippen molar-refractivity contribution < 1.29 is 13.2 Å². The van der Waals surface area contributed by atoms with Crippen LogP contribution in [0.2, 0.25) is 0 Å². The molecular weight excluding hydrogens is 400 g/mol. The number of aryl methyl sites for hydroxylation is 3. The van der Waals surface area contributed by atoms with Gasteiger partial charge in [-0.1, -0.05) is 0 Å². The molecule has 11 nitrogen and oxygen atoms in total. The van der Waals surface area contributed by atoms with Crippen LogP contribution in [0.3, 0.4) is 0 Å². The normalized spacial score (nSPS) is 16.0. The third kappa shape index (κ3) is 4.48. The molecular formula is C17H24N6O5S. The molecule has 1 saturated heterocycles. The van der Waals surface area contributed by atoms with E-state index < -0.39 is 21.3 Å². The summed E-state index contributed by atoms with van der Waals surface area (Å²) in [6, 6.07) is 1.22. The number of sulfonamides is 1.